The Bertz CT molecular complexity index is 1630. The predicted molar refractivity (Wildman–Crippen MR) is 163 cm³/mol. The van der Waals surface area contributed by atoms with Gasteiger partial charge in [-0.25, -0.2) is 4.98 Å². The average Bonchev–Trinajstić information content (AvgIpc) is 3.08. The van der Waals surface area contributed by atoms with Gasteiger partial charge in [0.25, 0.3) is 11.8 Å². The number of rotatable bonds is 6. The summed E-state index contributed by atoms with van der Waals surface area (Å²) < 4.78 is 47.9. The van der Waals surface area contributed by atoms with Crippen molar-refractivity contribution in [2.75, 3.05) is 44.2 Å². The molecule has 2 aliphatic heterocycles. The van der Waals surface area contributed by atoms with Gasteiger partial charge in [-0.3, -0.25) is 14.6 Å². The number of piperidine rings is 1. The molecule has 0 N–H and O–H groups in total. The number of likely N-dealkylation sites (tertiary alicyclic amines) is 1. The summed E-state index contributed by atoms with van der Waals surface area (Å²) in [5.41, 5.74) is -1.12. The summed E-state index contributed by atoms with van der Waals surface area (Å²) in [6, 6.07) is 23.6. The number of carbonyl (C=O) groups excluding carboxylic acids is 2. The lowest BCUT2D eigenvalue weighted by Crippen LogP contribution is -2.64. The van der Waals surface area contributed by atoms with E-state index < -0.39 is 28.8 Å². The summed E-state index contributed by atoms with van der Waals surface area (Å²) in [5.74, 6) is 0.118. The Morgan fingerprint density at radius 2 is 1.49 bits per heavy atom. The summed E-state index contributed by atoms with van der Waals surface area (Å²) in [7, 11) is 0. The monoisotopic (exact) mass is 615 g/mol. The fraction of sp³-hybridized carbons (Fsp3) is 0.294. The zero-order chi connectivity index (χ0) is 31.4. The van der Waals surface area contributed by atoms with E-state index in [1.54, 1.807) is 23.2 Å². The standard InChI is InChI=1S/C34H32F3N5O3/c35-34(36,37)29-14-17-38-23-28(29)31(43)42-18-6-15-33(24-42,45-27-12-10-26(11-13-27)25-7-2-1-3-8-25)32(44)41-21-19-40(20-22-41)30-9-4-5-16-39-30/h1-5,7-14,16-17,23H,6,15,18-22,24H2. The number of ether oxygens (including phenoxy) is 1. The van der Waals surface area contributed by atoms with Crippen LogP contribution in [0.25, 0.3) is 11.1 Å². The molecule has 8 nitrogen and oxygen atoms in total. The van der Waals surface area contributed by atoms with E-state index >= 15 is 0 Å². The number of benzene rings is 2. The SMILES string of the molecule is O=C(c1cnccc1C(F)(F)F)N1CCCC(Oc2ccc(-c3ccccc3)cc2)(C(=O)N2CCN(c3ccccn3)CC2)C1. The van der Waals surface area contributed by atoms with Gasteiger partial charge in [0.15, 0.2) is 0 Å². The van der Waals surface area contributed by atoms with Gasteiger partial charge in [-0.05, 0) is 54.3 Å². The molecule has 2 aromatic heterocycles. The van der Waals surface area contributed by atoms with Gasteiger partial charge in [0, 0.05) is 51.3 Å². The van der Waals surface area contributed by atoms with Crippen LogP contribution >= 0.6 is 0 Å². The number of piperazine rings is 1. The van der Waals surface area contributed by atoms with Crippen LogP contribution in [0.15, 0.2) is 97.5 Å². The number of pyridine rings is 2. The van der Waals surface area contributed by atoms with Crippen molar-refractivity contribution < 1.29 is 27.5 Å². The highest BCUT2D eigenvalue weighted by Crippen LogP contribution is 2.35. The lowest BCUT2D eigenvalue weighted by Gasteiger charge is -2.45. The molecule has 2 aromatic carbocycles. The molecule has 0 aliphatic carbocycles. The smallest absolute Gasteiger partial charge is 0.417 e. The second-order valence-corrected chi connectivity index (χ2v) is 11.2. The average molecular weight is 616 g/mol. The van der Waals surface area contributed by atoms with Gasteiger partial charge in [0.2, 0.25) is 5.60 Å². The highest BCUT2D eigenvalue weighted by atomic mass is 19.4. The van der Waals surface area contributed by atoms with E-state index in [4.69, 9.17) is 4.74 Å². The molecular formula is C34H32F3N5O3. The van der Waals surface area contributed by atoms with Crippen LogP contribution in [0.3, 0.4) is 0 Å². The number of carbonyl (C=O) groups is 2. The van der Waals surface area contributed by atoms with Gasteiger partial charge < -0.3 is 19.4 Å². The molecule has 1 unspecified atom stereocenters. The van der Waals surface area contributed by atoms with Crippen molar-refractivity contribution in [3.05, 3.63) is 109 Å². The molecule has 6 rings (SSSR count). The van der Waals surface area contributed by atoms with E-state index in [-0.39, 0.29) is 19.0 Å². The molecule has 4 heterocycles. The van der Waals surface area contributed by atoms with Crippen LogP contribution in [0, 0.1) is 0 Å². The van der Waals surface area contributed by atoms with E-state index in [1.165, 1.54) is 4.90 Å². The molecule has 0 bridgehead atoms. The zero-order valence-corrected chi connectivity index (χ0v) is 24.5. The summed E-state index contributed by atoms with van der Waals surface area (Å²) in [6.07, 6.45) is -0.399. The molecule has 0 saturated carbocycles. The molecule has 2 aliphatic rings. The largest absolute Gasteiger partial charge is 0.476 e. The number of anilines is 1. The van der Waals surface area contributed by atoms with Crippen molar-refractivity contribution in [1.29, 1.82) is 0 Å². The van der Waals surface area contributed by atoms with Gasteiger partial charge in [-0.15, -0.1) is 0 Å². The third-order valence-corrected chi connectivity index (χ3v) is 8.30. The van der Waals surface area contributed by atoms with Gasteiger partial charge in [-0.2, -0.15) is 13.2 Å². The lowest BCUT2D eigenvalue weighted by molar-refractivity contribution is -0.153. The zero-order valence-electron chi connectivity index (χ0n) is 24.5. The molecule has 232 valence electrons. The maximum Gasteiger partial charge on any atom is 0.417 e. The second-order valence-electron chi connectivity index (χ2n) is 11.2. The molecule has 1 atom stereocenters. The topological polar surface area (TPSA) is 78.9 Å². The Balaban J connectivity index is 1.28. The van der Waals surface area contributed by atoms with Gasteiger partial charge >= 0.3 is 6.18 Å². The Morgan fingerprint density at radius 3 is 2.18 bits per heavy atom. The van der Waals surface area contributed by atoms with Crippen molar-refractivity contribution in [3.8, 4) is 16.9 Å². The van der Waals surface area contributed by atoms with Crippen LogP contribution < -0.4 is 9.64 Å². The van der Waals surface area contributed by atoms with Gasteiger partial charge in [-0.1, -0.05) is 48.5 Å². The van der Waals surface area contributed by atoms with Crippen molar-refractivity contribution in [1.82, 2.24) is 19.8 Å². The third-order valence-electron chi connectivity index (χ3n) is 8.30. The van der Waals surface area contributed by atoms with Crippen molar-refractivity contribution >= 4 is 17.6 Å². The van der Waals surface area contributed by atoms with E-state index in [9.17, 15) is 22.8 Å². The minimum Gasteiger partial charge on any atom is -0.476 e. The van der Waals surface area contributed by atoms with E-state index in [0.29, 0.717) is 44.8 Å². The molecular weight excluding hydrogens is 583 g/mol. The maximum absolute atomic E-state index is 14.4. The summed E-state index contributed by atoms with van der Waals surface area (Å²) in [5, 5.41) is 0. The highest BCUT2D eigenvalue weighted by molar-refractivity contribution is 5.96. The Hall–Kier alpha value is -4.93. The summed E-state index contributed by atoms with van der Waals surface area (Å²) in [6.45, 7) is 1.90. The van der Waals surface area contributed by atoms with Gasteiger partial charge in [0.05, 0.1) is 17.7 Å². The number of alkyl halides is 3. The molecule has 2 fully saturated rings. The normalized spacial score (nSPS) is 18.9. The van der Waals surface area contributed by atoms with E-state index in [2.05, 4.69) is 14.9 Å². The molecule has 11 heteroatoms. The Morgan fingerprint density at radius 1 is 0.778 bits per heavy atom. The van der Waals surface area contributed by atoms with E-state index in [0.717, 1.165) is 35.4 Å². The van der Waals surface area contributed by atoms with Crippen LogP contribution in [0.4, 0.5) is 19.0 Å². The molecule has 2 saturated heterocycles. The molecule has 4 aromatic rings. The van der Waals surface area contributed by atoms with Crippen LogP contribution in [0.2, 0.25) is 0 Å². The molecule has 0 radical (unpaired) electrons. The third kappa shape index (κ3) is 6.47. The lowest BCUT2D eigenvalue weighted by atomic mass is 9.89. The highest BCUT2D eigenvalue weighted by Gasteiger charge is 2.49. The number of hydrogen-bond acceptors (Lipinski definition) is 6. The molecule has 45 heavy (non-hydrogen) atoms. The first-order chi connectivity index (χ1) is 21.7. The summed E-state index contributed by atoms with van der Waals surface area (Å²) >= 11 is 0. The van der Waals surface area contributed by atoms with Crippen LogP contribution in [-0.4, -0.2) is 76.5 Å². The van der Waals surface area contributed by atoms with Crippen molar-refractivity contribution in [2.45, 2.75) is 24.6 Å². The summed E-state index contributed by atoms with van der Waals surface area (Å²) in [4.78, 5) is 41.3. The van der Waals surface area contributed by atoms with Crippen LogP contribution in [0.1, 0.15) is 28.8 Å². The fourth-order valence-electron chi connectivity index (χ4n) is 6.02. The van der Waals surface area contributed by atoms with Gasteiger partial charge in [0.1, 0.15) is 11.6 Å². The first kappa shape index (κ1) is 30.1. The van der Waals surface area contributed by atoms with Crippen LogP contribution in [-0.2, 0) is 11.0 Å². The fourth-order valence-corrected chi connectivity index (χ4v) is 6.02. The van der Waals surface area contributed by atoms with Crippen molar-refractivity contribution in [3.63, 3.8) is 0 Å². The molecule has 2 amide bonds. The predicted octanol–water partition coefficient (Wildman–Crippen LogP) is 5.57. The Labute approximate surface area is 259 Å². The number of amides is 2. The van der Waals surface area contributed by atoms with E-state index in [1.807, 2.05) is 60.7 Å². The maximum atomic E-state index is 14.4. The number of hydrogen-bond donors (Lipinski definition) is 0. The quantitative estimate of drug-likeness (QED) is 0.283. The van der Waals surface area contributed by atoms with Crippen LogP contribution in [0.5, 0.6) is 5.75 Å². The first-order valence-corrected chi connectivity index (χ1v) is 14.8. The minimum atomic E-state index is -4.74. The number of nitrogens with zero attached hydrogens (tertiary/aromatic N) is 5. The number of halogens is 3. The number of aromatic nitrogens is 2. The second kappa shape index (κ2) is 12.6. The molecule has 0 spiro atoms. The van der Waals surface area contributed by atoms with Crippen molar-refractivity contribution in [2.24, 2.45) is 0 Å². The Kier molecular flexibility index (Phi) is 8.42. The first-order valence-electron chi connectivity index (χ1n) is 14.8. The minimum absolute atomic E-state index is 0.184.